The minimum atomic E-state index is -2.60. The Morgan fingerprint density at radius 1 is 0.971 bits per heavy atom. The molecular formula is C25H31F2N7. The van der Waals surface area contributed by atoms with Crippen molar-refractivity contribution in [2.75, 3.05) is 41.7 Å². The lowest BCUT2D eigenvalue weighted by Crippen LogP contribution is -2.40. The molecule has 0 amide bonds. The zero-order valence-corrected chi connectivity index (χ0v) is 19.7. The molecule has 34 heavy (non-hydrogen) atoms. The molecule has 2 N–H and O–H groups in total. The first-order valence-electron chi connectivity index (χ1n) is 12.0. The first-order valence-corrected chi connectivity index (χ1v) is 12.0. The minimum absolute atomic E-state index is 0.174. The van der Waals surface area contributed by atoms with Crippen LogP contribution in [0.15, 0.2) is 36.7 Å². The van der Waals surface area contributed by atoms with Gasteiger partial charge in [-0.1, -0.05) is 6.92 Å². The number of hydrogen-bond acceptors (Lipinski definition) is 6. The Kier molecular flexibility index (Phi) is 5.87. The molecule has 1 aromatic carbocycles. The fraction of sp³-hybridized carbons (Fsp3) is 0.480. The summed E-state index contributed by atoms with van der Waals surface area (Å²) >= 11 is 0. The fourth-order valence-corrected chi connectivity index (χ4v) is 4.70. The maximum atomic E-state index is 13.6. The summed E-state index contributed by atoms with van der Waals surface area (Å²) in [6, 6.07) is 7.82. The highest BCUT2D eigenvalue weighted by molar-refractivity contribution is 5.69. The maximum Gasteiger partial charge on any atom is 0.251 e. The quantitative estimate of drug-likeness (QED) is 0.561. The minimum Gasteiger partial charge on any atom is -0.399 e. The Morgan fingerprint density at radius 2 is 1.71 bits per heavy atom. The van der Waals surface area contributed by atoms with E-state index in [2.05, 4.69) is 21.9 Å². The van der Waals surface area contributed by atoms with E-state index in [0.717, 1.165) is 65.9 Å². The van der Waals surface area contributed by atoms with Crippen molar-refractivity contribution >= 4 is 17.3 Å². The Bertz CT molecular complexity index is 1160. The van der Waals surface area contributed by atoms with Crippen molar-refractivity contribution in [2.24, 2.45) is 5.92 Å². The second-order valence-corrected chi connectivity index (χ2v) is 9.63. The first kappa shape index (κ1) is 22.6. The summed E-state index contributed by atoms with van der Waals surface area (Å²) in [5, 5.41) is 4.63. The number of aryl methyl sites for hydroxylation is 1. The van der Waals surface area contributed by atoms with Crippen LogP contribution in [0.5, 0.6) is 0 Å². The largest absolute Gasteiger partial charge is 0.399 e. The van der Waals surface area contributed by atoms with Gasteiger partial charge in [-0.3, -0.25) is 0 Å². The van der Waals surface area contributed by atoms with Crippen LogP contribution in [-0.4, -0.2) is 51.8 Å². The van der Waals surface area contributed by atoms with E-state index in [0.29, 0.717) is 5.95 Å². The Hall–Kier alpha value is -3.23. The van der Waals surface area contributed by atoms with Gasteiger partial charge in [0.15, 0.2) is 0 Å². The summed E-state index contributed by atoms with van der Waals surface area (Å²) in [6.45, 7) is 6.68. The molecular weight excluding hydrogens is 436 g/mol. The third kappa shape index (κ3) is 4.69. The molecule has 180 valence electrons. The lowest BCUT2D eigenvalue weighted by atomic mass is 9.98. The monoisotopic (exact) mass is 467 g/mol. The highest BCUT2D eigenvalue weighted by atomic mass is 19.3. The number of aromatic nitrogens is 4. The molecule has 5 rings (SSSR count). The number of hydrogen-bond donors (Lipinski definition) is 1. The van der Waals surface area contributed by atoms with E-state index in [1.165, 1.54) is 0 Å². The lowest BCUT2D eigenvalue weighted by Gasteiger charge is -2.33. The molecule has 2 fully saturated rings. The smallest absolute Gasteiger partial charge is 0.251 e. The van der Waals surface area contributed by atoms with E-state index in [-0.39, 0.29) is 25.9 Å². The summed E-state index contributed by atoms with van der Waals surface area (Å²) < 4.78 is 29.1. The Labute approximate surface area is 198 Å². The number of rotatable bonds is 4. The number of benzene rings is 1. The van der Waals surface area contributed by atoms with E-state index in [1.807, 2.05) is 47.0 Å². The Balaban J connectivity index is 1.43. The number of anilines is 3. The highest BCUT2D eigenvalue weighted by Crippen LogP contribution is 2.33. The van der Waals surface area contributed by atoms with Crippen LogP contribution in [0.2, 0.25) is 0 Å². The average Bonchev–Trinajstić information content (AvgIpc) is 3.29. The van der Waals surface area contributed by atoms with Gasteiger partial charge in [0.05, 0.1) is 23.3 Å². The first-order chi connectivity index (χ1) is 16.3. The third-order valence-corrected chi connectivity index (χ3v) is 6.87. The molecule has 0 bridgehead atoms. The predicted octanol–water partition coefficient (Wildman–Crippen LogP) is 4.69. The van der Waals surface area contributed by atoms with Crippen LogP contribution in [-0.2, 0) is 0 Å². The molecule has 2 saturated heterocycles. The molecule has 0 unspecified atom stereocenters. The van der Waals surface area contributed by atoms with Crippen LogP contribution < -0.4 is 15.5 Å². The fourth-order valence-electron chi connectivity index (χ4n) is 4.70. The molecule has 0 aliphatic carbocycles. The van der Waals surface area contributed by atoms with Gasteiger partial charge in [-0.25, -0.2) is 23.4 Å². The van der Waals surface area contributed by atoms with Gasteiger partial charge in [-0.2, -0.15) is 5.10 Å². The molecule has 9 heteroatoms. The number of nitrogens with zero attached hydrogens (tertiary/aromatic N) is 6. The zero-order chi connectivity index (χ0) is 23.9. The van der Waals surface area contributed by atoms with Crippen molar-refractivity contribution in [3.8, 4) is 16.9 Å². The van der Waals surface area contributed by atoms with Crippen molar-refractivity contribution in [2.45, 2.75) is 45.5 Å². The number of alkyl halides is 2. The van der Waals surface area contributed by atoms with Crippen molar-refractivity contribution in [1.82, 2.24) is 19.7 Å². The molecule has 0 radical (unpaired) electrons. The summed E-state index contributed by atoms with van der Waals surface area (Å²) in [5.41, 5.74) is 11.3. The number of nitrogens with two attached hydrogens (primary N) is 1. The van der Waals surface area contributed by atoms with Crippen molar-refractivity contribution < 1.29 is 8.78 Å². The standard InChI is InChI=1S/C25H31F2N7/c1-17-5-9-32(10-6-17)23-14-20(28)3-4-22(23)34-16-19(15-29-34)21-13-18(2)30-24(31-21)33-11-7-25(26,27)8-12-33/h3-4,13-17H,5-12,28H2,1-2H3. The number of piperidine rings is 2. The normalized spacial score (nSPS) is 18.9. The van der Waals surface area contributed by atoms with Crippen molar-refractivity contribution in [1.29, 1.82) is 0 Å². The van der Waals surface area contributed by atoms with Gasteiger partial charge in [0.2, 0.25) is 5.95 Å². The van der Waals surface area contributed by atoms with Gasteiger partial charge in [0.25, 0.3) is 5.92 Å². The molecule has 4 heterocycles. The lowest BCUT2D eigenvalue weighted by molar-refractivity contribution is -0.0222. The summed E-state index contributed by atoms with van der Waals surface area (Å²) in [7, 11) is 0. The van der Waals surface area contributed by atoms with E-state index in [4.69, 9.17) is 10.7 Å². The van der Waals surface area contributed by atoms with Gasteiger partial charge in [0.1, 0.15) is 0 Å². The molecule has 0 saturated carbocycles. The van der Waals surface area contributed by atoms with Crippen LogP contribution in [0.3, 0.4) is 0 Å². The van der Waals surface area contributed by atoms with Crippen LogP contribution in [0.1, 0.15) is 38.3 Å². The summed E-state index contributed by atoms with van der Waals surface area (Å²) in [5.74, 6) is -1.37. The van der Waals surface area contributed by atoms with E-state index >= 15 is 0 Å². The van der Waals surface area contributed by atoms with E-state index < -0.39 is 5.92 Å². The molecule has 2 aromatic heterocycles. The summed E-state index contributed by atoms with van der Waals surface area (Å²) in [6.07, 6.45) is 5.71. The second kappa shape index (κ2) is 8.85. The average molecular weight is 468 g/mol. The zero-order valence-electron chi connectivity index (χ0n) is 19.7. The maximum absolute atomic E-state index is 13.6. The van der Waals surface area contributed by atoms with E-state index in [1.54, 1.807) is 6.20 Å². The van der Waals surface area contributed by atoms with Crippen molar-refractivity contribution in [3.63, 3.8) is 0 Å². The molecule has 0 spiro atoms. The topological polar surface area (TPSA) is 76.1 Å². The predicted molar refractivity (Wildman–Crippen MR) is 131 cm³/mol. The van der Waals surface area contributed by atoms with Gasteiger partial charge < -0.3 is 15.5 Å². The second-order valence-electron chi connectivity index (χ2n) is 9.63. The van der Waals surface area contributed by atoms with Gasteiger partial charge >= 0.3 is 0 Å². The van der Waals surface area contributed by atoms with Crippen LogP contribution in [0.25, 0.3) is 16.9 Å². The van der Waals surface area contributed by atoms with Gasteiger partial charge in [0, 0.05) is 62.2 Å². The van der Waals surface area contributed by atoms with E-state index in [9.17, 15) is 8.78 Å². The van der Waals surface area contributed by atoms with Gasteiger partial charge in [-0.05, 0) is 49.9 Å². The molecule has 3 aromatic rings. The Morgan fingerprint density at radius 3 is 2.44 bits per heavy atom. The highest BCUT2D eigenvalue weighted by Gasteiger charge is 2.35. The number of nitrogen functional groups attached to an aromatic ring is 1. The van der Waals surface area contributed by atoms with Crippen LogP contribution >= 0.6 is 0 Å². The molecule has 2 aliphatic rings. The molecule has 2 aliphatic heterocycles. The van der Waals surface area contributed by atoms with Crippen molar-refractivity contribution in [3.05, 3.63) is 42.4 Å². The van der Waals surface area contributed by atoms with Crippen LogP contribution in [0, 0.1) is 12.8 Å². The molecule has 7 nitrogen and oxygen atoms in total. The summed E-state index contributed by atoms with van der Waals surface area (Å²) in [4.78, 5) is 13.4. The van der Waals surface area contributed by atoms with Crippen LogP contribution in [0.4, 0.5) is 26.1 Å². The third-order valence-electron chi connectivity index (χ3n) is 6.87. The number of halogens is 2. The molecule has 0 atom stereocenters. The van der Waals surface area contributed by atoms with Gasteiger partial charge in [-0.15, -0.1) is 0 Å². The SMILES string of the molecule is Cc1cc(-c2cnn(-c3ccc(N)cc3N3CCC(C)CC3)c2)nc(N2CCC(F)(F)CC2)n1.